The van der Waals surface area contributed by atoms with Crippen LogP contribution >= 0.6 is 0 Å². The Labute approximate surface area is 119 Å². The molecular formula is C19H17O+. The van der Waals surface area contributed by atoms with Gasteiger partial charge < -0.3 is 0 Å². The molecule has 0 saturated carbocycles. The minimum atomic E-state index is 0.892. The second kappa shape index (κ2) is 5.30. The van der Waals surface area contributed by atoms with Gasteiger partial charge in [0.1, 0.15) is 0 Å². The van der Waals surface area contributed by atoms with Gasteiger partial charge in [0.15, 0.2) is 0 Å². The molecule has 1 nitrogen and oxygen atoms in total. The van der Waals surface area contributed by atoms with Crippen molar-refractivity contribution in [3.05, 3.63) is 77.9 Å². The summed E-state index contributed by atoms with van der Waals surface area (Å²) in [6.07, 6.45) is 0. The minimum Gasteiger partial charge on any atom is -0.207 e. The first-order valence-electron chi connectivity index (χ1n) is 6.79. The van der Waals surface area contributed by atoms with Crippen molar-refractivity contribution in [2.75, 3.05) is 0 Å². The topological polar surface area (TPSA) is 11.3 Å². The van der Waals surface area contributed by atoms with Gasteiger partial charge in [0.05, 0.1) is 11.1 Å². The van der Waals surface area contributed by atoms with Crippen LogP contribution in [0.5, 0.6) is 0 Å². The van der Waals surface area contributed by atoms with Crippen LogP contribution in [0.2, 0.25) is 0 Å². The molecule has 0 unspecified atom stereocenters. The molecule has 3 aromatic rings. The molecule has 0 saturated heterocycles. The van der Waals surface area contributed by atoms with E-state index in [1.165, 1.54) is 11.1 Å². The van der Waals surface area contributed by atoms with E-state index in [1.807, 2.05) is 18.2 Å². The van der Waals surface area contributed by atoms with Crippen LogP contribution in [0.1, 0.15) is 11.1 Å². The van der Waals surface area contributed by atoms with Gasteiger partial charge in [-0.05, 0) is 44.2 Å². The molecule has 3 rings (SSSR count). The van der Waals surface area contributed by atoms with Gasteiger partial charge in [-0.3, -0.25) is 0 Å². The molecule has 1 aromatic heterocycles. The van der Waals surface area contributed by atoms with E-state index < -0.39 is 0 Å². The van der Waals surface area contributed by atoms with Crippen LogP contribution in [0, 0.1) is 13.8 Å². The van der Waals surface area contributed by atoms with Crippen LogP contribution in [0.4, 0.5) is 0 Å². The Hall–Kier alpha value is -2.41. The summed E-state index contributed by atoms with van der Waals surface area (Å²) in [5.41, 5.74) is 4.71. The van der Waals surface area contributed by atoms with Gasteiger partial charge in [-0.1, -0.05) is 35.4 Å². The van der Waals surface area contributed by atoms with E-state index in [1.54, 1.807) is 0 Å². The van der Waals surface area contributed by atoms with Gasteiger partial charge in [-0.2, -0.15) is 0 Å². The highest BCUT2D eigenvalue weighted by Gasteiger charge is 2.16. The Balaban J connectivity index is 2.01. The molecule has 98 valence electrons. The van der Waals surface area contributed by atoms with Crippen molar-refractivity contribution < 1.29 is 4.42 Å². The van der Waals surface area contributed by atoms with Crippen molar-refractivity contribution in [2.45, 2.75) is 13.8 Å². The molecule has 0 fully saturated rings. The first-order chi connectivity index (χ1) is 9.72. The standard InChI is InChI=1S/C19H17O/c1-14-6-10-16(11-7-14)18-4-3-5-19(20-18)17-12-8-15(2)9-13-17/h3-13H,1-2H3/q+1. The largest absolute Gasteiger partial charge is 0.360 e. The van der Waals surface area contributed by atoms with Crippen LogP contribution in [-0.2, 0) is 0 Å². The molecule has 0 aliphatic rings. The zero-order chi connectivity index (χ0) is 13.9. The van der Waals surface area contributed by atoms with Crippen LogP contribution in [-0.4, -0.2) is 0 Å². The van der Waals surface area contributed by atoms with Crippen LogP contribution in [0.3, 0.4) is 0 Å². The molecule has 2 aromatic carbocycles. The van der Waals surface area contributed by atoms with Crippen LogP contribution in [0.15, 0.2) is 71.1 Å². The summed E-state index contributed by atoms with van der Waals surface area (Å²) in [6.45, 7) is 4.17. The van der Waals surface area contributed by atoms with E-state index in [0.29, 0.717) is 0 Å². The second-order valence-corrected chi connectivity index (χ2v) is 5.09. The monoisotopic (exact) mass is 261 g/mol. The molecule has 0 amide bonds. The summed E-state index contributed by atoms with van der Waals surface area (Å²) in [5, 5.41) is 0. The molecule has 0 bridgehead atoms. The highest BCUT2D eigenvalue weighted by Crippen LogP contribution is 2.26. The minimum absolute atomic E-state index is 0.892. The molecule has 1 heterocycles. The Morgan fingerprint density at radius 3 is 1.35 bits per heavy atom. The number of aryl methyl sites for hydroxylation is 2. The Morgan fingerprint density at radius 1 is 0.550 bits per heavy atom. The molecule has 0 aliphatic carbocycles. The predicted octanol–water partition coefficient (Wildman–Crippen LogP) is 5.51. The normalized spacial score (nSPS) is 10.5. The Morgan fingerprint density at radius 2 is 0.950 bits per heavy atom. The third-order valence-electron chi connectivity index (χ3n) is 3.39. The highest BCUT2D eigenvalue weighted by molar-refractivity contribution is 5.63. The van der Waals surface area contributed by atoms with Crippen molar-refractivity contribution in [1.29, 1.82) is 0 Å². The Kier molecular flexibility index (Phi) is 3.34. The van der Waals surface area contributed by atoms with Gasteiger partial charge in [-0.15, -0.1) is 0 Å². The summed E-state index contributed by atoms with van der Waals surface area (Å²) in [7, 11) is 0. The SMILES string of the molecule is Cc1ccc(-c2cccc(-c3ccc(C)cc3)[o+]2)cc1. The van der Waals surface area contributed by atoms with Crippen molar-refractivity contribution in [1.82, 2.24) is 0 Å². The first kappa shape index (κ1) is 12.6. The molecule has 20 heavy (non-hydrogen) atoms. The van der Waals surface area contributed by atoms with E-state index in [4.69, 9.17) is 4.42 Å². The summed E-state index contributed by atoms with van der Waals surface area (Å²) >= 11 is 0. The summed E-state index contributed by atoms with van der Waals surface area (Å²) in [4.78, 5) is 0. The van der Waals surface area contributed by atoms with Crippen molar-refractivity contribution in [3.8, 4) is 22.6 Å². The first-order valence-corrected chi connectivity index (χ1v) is 6.79. The number of benzene rings is 2. The maximum atomic E-state index is 6.03. The van der Waals surface area contributed by atoms with Gasteiger partial charge >= 0.3 is 11.5 Å². The third kappa shape index (κ3) is 2.62. The molecule has 0 N–H and O–H groups in total. The molecule has 0 spiro atoms. The van der Waals surface area contributed by atoms with Crippen LogP contribution in [0.25, 0.3) is 22.6 Å². The Bertz CT molecular complexity index is 649. The molecule has 1 heteroatoms. The van der Waals surface area contributed by atoms with Gasteiger partial charge in [0.25, 0.3) is 0 Å². The smallest absolute Gasteiger partial charge is 0.207 e. The third-order valence-corrected chi connectivity index (χ3v) is 3.39. The molecule has 0 aliphatic heterocycles. The summed E-state index contributed by atoms with van der Waals surface area (Å²) < 4.78 is 6.03. The van der Waals surface area contributed by atoms with E-state index in [-0.39, 0.29) is 0 Å². The van der Waals surface area contributed by atoms with Crippen molar-refractivity contribution >= 4 is 0 Å². The maximum Gasteiger partial charge on any atom is 0.360 e. The number of hydrogen-bond donors (Lipinski definition) is 0. The zero-order valence-electron chi connectivity index (χ0n) is 11.8. The summed E-state index contributed by atoms with van der Waals surface area (Å²) in [5.74, 6) is 1.78. The molecule has 0 radical (unpaired) electrons. The van der Waals surface area contributed by atoms with Crippen molar-refractivity contribution in [2.24, 2.45) is 0 Å². The molecule has 0 atom stereocenters. The average Bonchev–Trinajstić information content (AvgIpc) is 2.49. The van der Waals surface area contributed by atoms with Crippen molar-refractivity contribution in [3.63, 3.8) is 0 Å². The average molecular weight is 261 g/mol. The fourth-order valence-corrected chi connectivity index (χ4v) is 2.16. The van der Waals surface area contributed by atoms with E-state index >= 15 is 0 Å². The maximum absolute atomic E-state index is 6.03. The molecular weight excluding hydrogens is 244 g/mol. The van der Waals surface area contributed by atoms with E-state index in [2.05, 4.69) is 62.4 Å². The number of rotatable bonds is 2. The quantitative estimate of drug-likeness (QED) is 0.553. The van der Waals surface area contributed by atoms with Gasteiger partial charge in [0.2, 0.25) is 0 Å². The highest BCUT2D eigenvalue weighted by atomic mass is 16.3. The lowest BCUT2D eigenvalue weighted by atomic mass is 10.1. The van der Waals surface area contributed by atoms with Crippen LogP contribution < -0.4 is 0 Å². The van der Waals surface area contributed by atoms with Gasteiger partial charge in [0, 0.05) is 12.1 Å². The van der Waals surface area contributed by atoms with E-state index in [9.17, 15) is 0 Å². The lowest BCUT2D eigenvalue weighted by Gasteiger charge is -1.96. The lowest BCUT2D eigenvalue weighted by molar-refractivity contribution is 0.582. The fraction of sp³-hybridized carbons (Fsp3) is 0.105. The summed E-state index contributed by atoms with van der Waals surface area (Å²) in [6, 6.07) is 22.8. The predicted molar refractivity (Wildman–Crippen MR) is 83.5 cm³/mol. The van der Waals surface area contributed by atoms with Gasteiger partial charge in [-0.25, -0.2) is 4.42 Å². The fourth-order valence-electron chi connectivity index (χ4n) is 2.16. The van der Waals surface area contributed by atoms with E-state index in [0.717, 1.165) is 22.6 Å². The number of hydrogen-bond acceptors (Lipinski definition) is 0. The lowest BCUT2D eigenvalue weighted by Crippen LogP contribution is -1.82. The second-order valence-electron chi connectivity index (χ2n) is 5.09. The zero-order valence-corrected chi connectivity index (χ0v) is 11.8.